The van der Waals surface area contributed by atoms with Crippen molar-refractivity contribution in [2.75, 3.05) is 24.4 Å². The zero-order valence-corrected chi connectivity index (χ0v) is 17.9. The minimum Gasteiger partial charge on any atom is -0.497 e. The number of ether oxygens (including phenoxy) is 1. The zero-order chi connectivity index (χ0) is 21.3. The molecule has 1 aliphatic heterocycles. The third-order valence-corrected chi connectivity index (χ3v) is 6.15. The molecule has 0 spiro atoms. The first-order valence-electron chi connectivity index (χ1n) is 9.13. The number of hydrogen-bond acceptors (Lipinski definition) is 5. The first kappa shape index (κ1) is 20.3. The molecule has 0 radical (unpaired) electrons. The Balaban J connectivity index is 1.56. The van der Waals surface area contributed by atoms with Crippen molar-refractivity contribution in [3.05, 3.63) is 70.9 Å². The van der Waals surface area contributed by atoms with E-state index < -0.39 is 0 Å². The molecule has 0 bridgehead atoms. The van der Waals surface area contributed by atoms with Crippen LogP contribution in [0.3, 0.4) is 0 Å². The number of fused-ring (bicyclic) bond motifs is 2. The van der Waals surface area contributed by atoms with E-state index in [0.717, 1.165) is 10.6 Å². The quantitative estimate of drug-likeness (QED) is 0.639. The summed E-state index contributed by atoms with van der Waals surface area (Å²) in [6.07, 6.45) is 1.80. The number of benzene rings is 2. The number of anilines is 2. The summed E-state index contributed by atoms with van der Waals surface area (Å²) >= 11 is 7.64. The van der Waals surface area contributed by atoms with Crippen LogP contribution in [0.15, 0.2) is 64.6 Å². The van der Waals surface area contributed by atoms with Gasteiger partial charge in [-0.25, -0.2) is 4.98 Å². The molecule has 0 aliphatic carbocycles. The van der Waals surface area contributed by atoms with E-state index in [-0.39, 0.29) is 18.2 Å². The topological polar surface area (TPSA) is 71.5 Å². The minimum absolute atomic E-state index is 0.115. The Labute approximate surface area is 183 Å². The molecule has 0 unspecified atom stereocenters. The molecule has 0 saturated heterocycles. The van der Waals surface area contributed by atoms with Crippen molar-refractivity contribution in [1.29, 1.82) is 0 Å². The molecule has 8 heteroatoms. The van der Waals surface area contributed by atoms with E-state index >= 15 is 0 Å². The van der Waals surface area contributed by atoms with E-state index in [2.05, 4.69) is 10.3 Å². The fraction of sp³-hybridized carbons (Fsp3) is 0.136. The van der Waals surface area contributed by atoms with Crippen LogP contribution < -0.4 is 15.0 Å². The molecule has 30 heavy (non-hydrogen) atoms. The number of pyridine rings is 1. The summed E-state index contributed by atoms with van der Waals surface area (Å²) in [6, 6.07) is 14.2. The van der Waals surface area contributed by atoms with Gasteiger partial charge in [0.1, 0.15) is 10.8 Å². The van der Waals surface area contributed by atoms with Crippen molar-refractivity contribution in [3.63, 3.8) is 0 Å². The molecule has 152 valence electrons. The van der Waals surface area contributed by atoms with Gasteiger partial charge >= 0.3 is 0 Å². The third-order valence-electron chi connectivity index (χ3n) is 4.73. The molecule has 4 rings (SSSR count). The molecule has 2 aromatic carbocycles. The normalized spacial score (nSPS) is 12.6. The van der Waals surface area contributed by atoms with Gasteiger partial charge in [0.2, 0.25) is 5.91 Å². The Morgan fingerprint density at radius 3 is 2.83 bits per heavy atom. The molecule has 1 N–H and O–H groups in total. The van der Waals surface area contributed by atoms with Gasteiger partial charge in [-0.1, -0.05) is 29.4 Å². The maximum Gasteiger partial charge on any atom is 0.260 e. The minimum atomic E-state index is -0.191. The largest absolute Gasteiger partial charge is 0.497 e. The Morgan fingerprint density at radius 1 is 1.23 bits per heavy atom. The Bertz CT molecular complexity index is 1150. The fourth-order valence-electron chi connectivity index (χ4n) is 3.16. The zero-order valence-electron chi connectivity index (χ0n) is 16.3. The van der Waals surface area contributed by atoms with E-state index in [9.17, 15) is 9.59 Å². The van der Waals surface area contributed by atoms with Crippen molar-refractivity contribution in [2.24, 2.45) is 0 Å². The van der Waals surface area contributed by atoms with Crippen molar-refractivity contribution < 1.29 is 14.3 Å². The van der Waals surface area contributed by atoms with Crippen LogP contribution in [0.2, 0.25) is 5.02 Å². The van der Waals surface area contributed by atoms with Crippen LogP contribution in [0.4, 0.5) is 11.4 Å². The highest BCUT2D eigenvalue weighted by molar-refractivity contribution is 7.99. The molecular weight excluding hydrogens is 422 g/mol. The molecule has 0 saturated carbocycles. The monoisotopic (exact) mass is 439 g/mol. The van der Waals surface area contributed by atoms with Gasteiger partial charge in [0.05, 0.1) is 24.8 Å². The maximum atomic E-state index is 12.7. The number of nitrogens with zero attached hydrogens (tertiary/aromatic N) is 2. The Hall–Kier alpha value is -3.03. The lowest BCUT2D eigenvalue weighted by Crippen LogP contribution is -2.26. The van der Waals surface area contributed by atoms with Gasteiger partial charge in [0.15, 0.2) is 0 Å². The predicted molar refractivity (Wildman–Crippen MR) is 118 cm³/mol. The second kappa shape index (κ2) is 8.38. The average molecular weight is 440 g/mol. The number of amides is 2. The summed E-state index contributed by atoms with van der Waals surface area (Å²) in [4.78, 5) is 32.0. The smallest absolute Gasteiger partial charge is 0.260 e. The number of hydrogen-bond donors (Lipinski definition) is 1. The van der Waals surface area contributed by atoms with Crippen LogP contribution in [0.5, 0.6) is 5.75 Å². The summed E-state index contributed by atoms with van der Waals surface area (Å²) in [7, 11) is 3.29. The van der Waals surface area contributed by atoms with Gasteiger partial charge in [0.25, 0.3) is 5.91 Å². The van der Waals surface area contributed by atoms with Crippen LogP contribution in [-0.4, -0.2) is 31.0 Å². The number of nitrogens with one attached hydrogen (secondary N) is 1. The lowest BCUT2D eigenvalue weighted by atomic mass is 10.1. The molecule has 2 amide bonds. The van der Waals surface area contributed by atoms with Crippen molar-refractivity contribution >= 4 is 46.6 Å². The van der Waals surface area contributed by atoms with Gasteiger partial charge < -0.3 is 15.0 Å². The Morgan fingerprint density at radius 2 is 2.07 bits per heavy atom. The van der Waals surface area contributed by atoms with Gasteiger partial charge in [-0.05, 0) is 48.0 Å². The summed E-state index contributed by atoms with van der Waals surface area (Å²) in [5, 5.41) is 4.02. The molecule has 0 fully saturated rings. The van der Waals surface area contributed by atoms with E-state index in [1.54, 1.807) is 61.7 Å². The molecule has 3 aromatic rings. The van der Waals surface area contributed by atoms with Crippen molar-refractivity contribution in [3.8, 4) is 5.75 Å². The lowest BCUT2D eigenvalue weighted by Gasteiger charge is -2.18. The fourth-order valence-corrected chi connectivity index (χ4v) is 4.48. The molecular formula is C22H18ClN3O3S. The number of carbonyl (C=O) groups excluding carboxylic acids is 2. The number of halogens is 1. The number of aromatic nitrogens is 1. The lowest BCUT2D eigenvalue weighted by molar-refractivity contribution is -0.115. The molecule has 1 aliphatic rings. The van der Waals surface area contributed by atoms with E-state index in [1.807, 2.05) is 12.1 Å². The molecule has 2 heterocycles. The summed E-state index contributed by atoms with van der Waals surface area (Å²) < 4.78 is 5.13. The van der Waals surface area contributed by atoms with Gasteiger partial charge in [-0.15, -0.1) is 0 Å². The second-order valence-electron chi connectivity index (χ2n) is 6.69. The number of rotatable bonds is 4. The summed E-state index contributed by atoms with van der Waals surface area (Å²) in [6.45, 7) is 0. The maximum absolute atomic E-state index is 12.7. The standard InChI is InChI=1S/C22H18ClN3O3S/c1-26-18-8-6-14(11-19(18)30-21-16(22(26)28)4-3-9-24-21)25-20(27)10-13-5-7-15(29-2)12-17(13)23/h3-9,11-12H,10H2,1-2H3,(H,25,27). The SMILES string of the molecule is COc1ccc(CC(=O)Nc2ccc3c(c2)Sc2ncccc2C(=O)N3C)c(Cl)c1. The van der Waals surface area contributed by atoms with Gasteiger partial charge in [-0.2, -0.15) is 0 Å². The average Bonchev–Trinajstić information content (AvgIpc) is 2.84. The van der Waals surface area contributed by atoms with Crippen molar-refractivity contribution in [1.82, 2.24) is 4.98 Å². The van der Waals surface area contributed by atoms with Crippen LogP contribution in [0.1, 0.15) is 15.9 Å². The second-order valence-corrected chi connectivity index (χ2v) is 8.12. The van der Waals surface area contributed by atoms with Crippen LogP contribution in [-0.2, 0) is 11.2 Å². The molecule has 0 atom stereocenters. The Kier molecular flexibility index (Phi) is 5.65. The predicted octanol–water partition coefficient (Wildman–Crippen LogP) is 4.67. The van der Waals surface area contributed by atoms with Crippen LogP contribution in [0, 0.1) is 0 Å². The number of methoxy groups -OCH3 is 1. The highest BCUT2D eigenvalue weighted by Gasteiger charge is 2.25. The van der Waals surface area contributed by atoms with Crippen molar-refractivity contribution in [2.45, 2.75) is 16.3 Å². The first-order valence-corrected chi connectivity index (χ1v) is 10.3. The number of carbonyl (C=O) groups is 2. The third kappa shape index (κ3) is 3.99. The van der Waals surface area contributed by atoms with Gasteiger partial charge in [0, 0.05) is 28.9 Å². The molecule has 6 nitrogen and oxygen atoms in total. The summed E-state index contributed by atoms with van der Waals surface area (Å²) in [5.41, 5.74) is 2.67. The van der Waals surface area contributed by atoms with Crippen LogP contribution in [0.25, 0.3) is 0 Å². The van der Waals surface area contributed by atoms with Crippen LogP contribution >= 0.6 is 23.4 Å². The summed E-state index contributed by atoms with van der Waals surface area (Å²) in [5.74, 6) is 0.332. The van der Waals surface area contributed by atoms with Gasteiger partial charge in [-0.3, -0.25) is 9.59 Å². The van der Waals surface area contributed by atoms with E-state index in [0.29, 0.717) is 32.6 Å². The first-order chi connectivity index (χ1) is 14.5. The highest BCUT2D eigenvalue weighted by Crippen LogP contribution is 2.41. The van der Waals surface area contributed by atoms with E-state index in [1.165, 1.54) is 11.8 Å². The van der Waals surface area contributed by atoms with E-state index in [4.69, 9.17) is 16.3 Å². The highest BCUT2D eigenvalue weighted by atomic mass is 35.5. The molecule has 1 aromatic heterocycles.